The molecular formula is C62H106N2O10. The van der Waals surface area contributed by atoms with Crippen LogP contribution in [0.5, 0.6) is 0 Å². The summed E-state index contributed by atoms with van der Waals surface area (Å²) in [6, 6.07) is 0. The third-order valence-electron chi connectivity index (χ3n) is 21.3. The number of piperidine rings is 2. The Morgan fingerprint density at radius 3 is 1.01 bits per heavy atom. The van der Waals surface area contributed by atoms with Crippen LogP contribution < -0.4 is 10.6 Å². The Balaban J connectivity index is 1.08. The molecule has 9 aliphatic rings. The van der Waals surface area contributed by atoms with Crippen molar-refractivity contribution in [2.45, 2.75) is 309 Å². The molecule has 2 unspecified atom stereocenters. The van der Waals surface area contributed by atoms with Crippen LogP contribution in [0.25, 0.3) is 0 Å². The van der Waals surface area contributed by atoms with E-state index in [2.05, 4.69) is 108 Å². The fourth-order valence-electron chi connectivity index (χ4n) is 18.0. The van der Waals surface area contributed by atoms with E-state index in [9.17, 15) is 0 Å². The maximum atomic E-state index is 17.4. The minimum absolute atomic E-state index is 0.0319. The van der Waals surface area contributed by atoms with Crippen molar-refractivity contribution in [2.75, 3.05) is 26.4 Å². The fourth-order valence-corrected chi connectivity index (χ4v) is 18.0. The lowest BCUT2D eigenvalue weighted by atomic mass is 9.49. The minimum Gasteiger partial charge on any atom is -0.429 e. The van der Waals surface area contributed by atoms with Crippen LogP contribution in [0.15, 0.2) is 0 Å². The molecule has 12 nitrogen and oxygen atoms in total. The normalized spacial score (nSPS) is 40.4. The van der Waals surface area contributed by atoms with Crippen molar-refractivity contribution in [1.29, 1.82) is 0 Å². The van der Waals surface area contributed by atoms with Crippen LogP contribution in [0, 0.1) is 45.3 Å². The van der Waals surface area contributed by atoms with Gasteiger partial charge in [0.15, 0.2) is 17.4 Å². The first kappa shape index (κ1) is 57.3. The molecule has 5 heterocycles. The standard InChI is InChI=1S/C62H106N2O10/c1-15-57(37-67-61(68-38-57)33-53(7,8)63-54(9,10)34-61)50-59(29-25-47(26-30-59)71-45-21-17-43(18-22-45)41(3)4)49(65)60(31-27-48(28-32-60)72-46-23-19-44(20-24-46)42(5)6)51(74-52(66)73-50)58(16-2)39-69-62(70-40-58)35-55(11,12)64-56(13,14)36-62/h41-48,50-51,63-64H,15-40H2,1-14H3. The predicted molar refractivity (Wildman–Crippen MR) is 289 cm³/mol. The molecule has 9 fully saturated rings. The molecule has 0 aromatic carbocycles. The zero-order chi connectivity index (χ0) is 53.4. The number of rotatable bonds is 10. The van der Waals surface area contributed by atoms with E-state index < -0.39 is 51.6 Å². The van der Waals surface area contributed by atoms with Crippen LogP contribution in [-0.4, -0.2) is 109 Å². The van der Waals surface area contributed by atoms with Crippen molar-refractivity contribution in [1.82, 2.24) is 10.6 Å². The second-order valence-corrected chi connectivity index (χ2v) is 30.0. The third kappa shape index (κ3) is 11.5. The minimum atomic E-state index is -1.04. The van der Waals surface area contributed by atoms with Crippen LogP contribution >= 0.6 is 0 Å². The molecule has 4 saturated carbocycles. The lowest BCUT2D eigenvalue weighted by Crippen LogP contribution is -2.72. The molecule has 0 amide bonds. The summed E-state index contributed by atoms with van der Waals surface area (Å²) in [6.07, 6.45) is 16.4. The van der Waals surface area contributed by atoms with E-state index in [0.717, 1.165) is 63.2 Å². The maximum Gasteiger partial charge on any atom is 0.508 e. The molecule has 0 aromatic heterocycles. The van der Waals surface area contributed by atoms with Crippen LogP contribution in [-0.2, 0) is 42.7 Å². The average Bonchev–Trinajstić information content (AvgIpc) is 3.32. The summed E-state index contributed by atoms with van der Waals surface area (Å²) in [5.41, 5.74) is -4.57. The van der Waals surface area contributed by atoms with Crippen LogP contribution in [0.1, 0.15) is 238 Å². The molecule has 5 aliphatic heterocycles. The Bertz CT molecular complexity index is 1760. The van der Waals surface area contributed by atoms with Crippen molar-refractivity contribution in [3.8, 4) is 0 Å². The summed E-state index contributed by atoms with van der Waals surface area (Å²) < 4.78 is 56.8. The van der Waals surface area contributed by atoms with E-state index in [-0.39, 0.29) is 52.4 Å². The first-order chi connectivity index (χ1) is 34.6. The highest BCUT2D eigenvalue weighted by Gasteiger charge is 2.70. The quantitative estimate of drug-likeness (QED) is 0.202. The molecule has 4 aliphatic carbocycles. The van der Waals surface area contributed by atoms with E-state index in [4.69, 9.17) is 37.9 Å². The van der Waals surface area contributed by atoms with Gasteiger partial charge in [0.05, 0.1) is 72.5 Å². The van der Waals surface area contributed by atoms with Crippen LogP contribution in [0.4, 0.5) is 4.79 Å². The van der Waals surface area contributed by atoms with Crippen LogP contribution in [0.3, 0.4) is 0 Å². The molecule has 5 saturated heterocycles. The number of carbonyl (C=O) groups is 2. The summed E-state index contributed by atoms with van der Waals surface area (Å²) in [5, 5.41) is 7.62. The Hall–Kier alpha value is -1.38. The smallest absolute Gasteiger partial charge is 0.429 e. The number of ether oxygens (including phenoxy) is 8. The van der Waals surface area contributed by atoms with Crippen molar-refractivity contribution in [2.24, 2.45) is 45.3 Å². The molecule has 424 valence electrons. The molecule has 0 aromatic rings. The molecule has 4 spiro atoms. The molecule has 2 atom stereocenters. The molecular weight excluding hydrogens is 933 g/mol. The molecule has 9 rings (SSSR count). The van der Waals surface area contributed by atoms with E-state index in [0.29, 0.717) is 102 Å². The second kappa shape index (κ2) is 20.9. The Morgan fingerprint density at radius 2 is 0.743 bits per heavy atom. The van der Waals surface area contributed by atoms with Gasteiger partial charge < -0.3 is 48.5 Å². The van der Waals surface area contributed by atoms with Gasteiger partial charge in [-0.25, -0.2) is 4.79 Å². The molecule has 2 N–H and O–H groups in total. The van der Waals surface area contributed by atoms with Gasteiger partial charge in [-0.2, -0.15) is 0 Å². The number of carbonyl (C=O) groups excluding carboxylic acids is 2. The molecule has 74 heavy (non-hydrogen) atoms. The lowest BCUT2D eigenvalue weighted by Gasteiger charge is -2.62. The number of cyclic esters (lactones) is 2. The number of hydrogen-bond acceptors (Lipinski definition) is 12. The summed E-state index contributed by atoms with van der Waals surface area (Å²) in [6.45, 7) is 32.7. The first-order valence-electron chi connectivity index (χ1n) is 30.5. The topological polar surface area (TPSA) is 132 Å². The number of hydrogen-bond donors (Lipinski definition) is 2. The van der Waals surface area contributed by atoms with E-state index in [1.807, 2.05) is 0 Å². The van der Waals surface area contributed by atoms with E-state index >= 15 is 9.59 Å². The van der Waals surface area contributed by atoms with Gasteiger partial charge in [0.25, 0.3) is 0 Å². The summed E-state index contributed by atoms with van der Waals surface area (Å²) in [5.74, 6) is 1.45. The molecule has 0 bridgehead atoms. The lowest BCUT2D eigenvalue weighted by molar-refractivity contribution is -0.351. The van der Waals surface area contributed by atoms with Crippen LogP contribution in [0.2, 0.25) is 0 Å². The SMILES string of the molecule is CCC1(C2OC(=O)OC(C3(CC)COC4(CC(C)(C)NC(C)(C)C4)OC3)C3(CCC(OC4CCC(C(C)C)CC4)CC3)C(=O)C23CCC(OC2CCC(C(C)C)CC2)CC3)COC2(CC(C)(C)NC(C)(C)C2)OC1. The number of nitrogens with one attached hydrogen (secondary N) is 2. The van der Waals surface area contributed by atoms with Gasteiger partial charge in [0.1, 0.15) is 12.2 Å². The van der Waals surface area contributed by atoms with Crippen molar-refractivity contribution < 1.29 is 47.5 Å². The number of Topliss-reactive ketones (excluding diaryl/α,β-unsaturated/α-hetero) is 1. The third-order valence-corrected chi connectivity index (χ3v) is 21.3. The van der Waals surface area contributed by atoms with Gasteiger partial charge in [-0.05, 0) is 195 Å². The fraction of sp³-hybridized carbons (Fsp3) is 0.968. The molecule has 0 radical (unpaired) electrons. The summed E-state index contributed by atoms with van der Waals surface area (Å²) in [4.78, 5) is 32.7. The van der Waals surface area contributed by atoms with Gasteiger partial charge in [-0.3, -0.25) is 4.79 Å². The zero-order valence-electron chi connectivity index (χ0n) is 49.2. The Labute approximate surface area is 448 Å². The van der Waals surface area contributed by atoms with E-state index in [1.165, 1.54) is 25.7 Å². The monoisotopic (exact) mass is 1040 g/mol. The molecule has 12 heteroatoms. The number of ketones is 1. The van der Waals surface area contributed by atoms with Crippen molar-refractivity contribution in [3.63, 3.8) is 0 Å². The largest absolute Gasteiger partial charge is 0.508 e. The predicted octanol–water partition coefficient (Wildman–Crippen LogP) is 12.9. The highest BCUT2D eigenvalue weighted by Crippen LogP contribution is 2.62. The zero-order valence-corrected chi connectivity index (χ0v) is 49.2. The second-order valence-electron chi connectivity index (χ2n) is 30.0. The van der Waals surface area contributed by atoms with Gasteiger partial charge >= 0.3 is 6.16 Å². The summed E-state index contributed by atoms with van der Waals surface area (Å²) in [7, 11) is 0. The van der Waals surface area contributed by atoms with Crippen molar-refractivity contribution >= 4 is 11.9 Å². The first-order valence-corrected chi connectivity index (χ1v) is 30.5. The highest BCUT2D eigenvalue weighted by molar-refractivity contribution is 5.93. The van der Waals surface area contributed by atoms with E-state index in [1.54, 1.807) is 0 Å². The Kier molecular flexibility index (Phi) is 16.2. The Morgan fingerprint density at radius 1 is 0.459 bits per heavy atom. The maximum absolute atomic E-state index is 17.4. The summed E-state index contributed by atoms with van der Waals surface area (Å²) >= 11 is 0. The van der Waals surface area contributed by atoms with Gasteiger partial charge in [-0.15, -0.1) is 0 Å². The average molecular weight is 1040 g/mol. The van der Waals surface area contributed by atoms with Crippen molar-refractivity contribution in [3.05, 3.63) is 0 Å². The van der Waals surface area contributed by atoms with Gasteiger partial charge in [-0.1, -0.05) is 41.5 Å². The highest BCUT2D eigenvalue weighted by atomic mass is 16.7. The van der Waals surface area contributed by atoms with Gasteiger partial charge in [0.2, 0.25) is 0 Å². The van der Waals surface area contributed by atoms with Gasteiger partial charge in [0, 0.05) is 47.8 Å².